The first-order chi connectivity index (χ1) is 9.93. The van der Waals surface area contributed by atoms with E-state index in [1.54, 1.807) is 0 Å². The van der Waals surface area contributed by atoms with E-state index in [1.807, 2.05) is 12.1 Å². The van der Waals surface area contributed by atoms with Crippen LogP contribution in [0.2, 0.25) is 0 Å². The fraction of sp³-hybridized carbons (Fsp3) is 0.400. The molecule has 112 valence electrons. The number of nitrogens with two attached hydrogens (primary N) is 1. The van der Waals surface area contributed by atoms with Crippen LogP contribution in [-0.4, -0.2) is 4.98 Å². The Labute approximate surface area is 120 Å². The molecule has 0 spiro atoms. The molecule has 1 heterocycles. The van der Waals surface area contributed by atoms with Crippen LogP contribution in [0.5, 0.6) is 0 Å². The molecule has 2 aromatic rings. The van der Waals surface area contributed by atoms with Gasteiger partial charge in [0, 0.05) is 10.9 Å². The molecule has 0 fully saturated rings. The van der Waals surface area contributed by atoms with Crippen molar-refractivity contribution < 1.29 is 13.2 Å². The quantitative estimate of drug-likeness (QED) is 0.622. The summed E-state index contributed by atoms with van der Waals surface area (Å²) in [4.78, 5) is 3.95. The first-order valence-electron chi connectivity index (χ1n) is 6.92. The topological polar surface area (TPSA) is 50.9 Å². The molecule has 6 heteroatoms. The number of pyridine rings is 1. The zero-order valence-electron chi connectivity index (χ0n) is 11.6. The van der Waals surface area contributed by atoms with E-state index in [9.17, 15) is 13.2 Å². The highest BCUT2D eigenvalue weighted by Gasteiger charge is 2.36. The molecule has 0 aliphatic heterocycles. The van der Waals surface area contributed by atoms with Crippen molar-refractivity contribution in [1.29, 1.82) is 0 Å². The van der Waals surface area contributed by atoms with Crippen molar-refractivity contribution in [3.05, 3.63) is 34.5 Å². The Hall–Kier alpha value is -1.82. The van der Waals surface area contributed by atoms with E-state index >= 15 is 0 Å². The predicted octanol–water partition coefficient (Wildman–Crippen LogP) is 3.73. The average molecular weight is 295 g/mol. The van der Waals surface area contributed by atoms with Gasteiger partial charge in [-0.3, -0.25) is 5.84 Å². The van der Waals surface area contributed by atoms with Crippen molar-refractivity contribution in [2.45, 2.75) is 38.8 Å². The van der Waals surface area contributed by atoms with E-state index < -0.39 is 11.9 Å². The highest BCUT2D eigenvalue weighted by Crippen LogP contribution is 2.39. The summed E-state index contributed by atoms with van der Waals surface area (Å²) in [6.07, 6.45) is -0.772. The van der Waals surface area contributed by atoms with Gasteiger partial charge in [0.2, 0.25) is 0 Å². The van der Waals surface area contributed by atoms with Crippen LogP contribution in [0.1, 0.15) is 35.2 Å². The van der Waals surface area contributed by atoms with E-state index in [2.05, 4.69) is 10.4 Å². The van der Waals surface area contributed by atoms with Gasteiger partial charge in [0.1, 0.15) is 5.69 Å². The number of aromatic nitrogens is 1. The Morgan fingerprint density at radius 3 is 2.57 bits per heavy atom. The first kappa shape index (κ1) is 14.1. The lowest BCUT2D eigenvalue weighted by molar-refractivity contribution is -0.141. The highest BCUT2D eigenvalue weighted by molar-refractivity contribution is 5.95. The van der Waals surface area contributed by atoms with Gasteiger partial charge in [-0.1, -0.05) is 12.1 Å². The van der Waals surface area contributed by atoms with E-state index in [0.29, 0.717) is 16.6 Å². The standard InChI is InChI=1S/C15H16F3N3/c1-8-12(21-19)11-7-6-9-4-2-3-5-10(9)13(11)20-14(8)15(16,17)18/h6-7H,2-5,19H2,1H3,(H,20,21). The molecule has 1 aromatic heterocycles. The Kier molecular flexibility index (Phi) is 3.28. The number of nitrogens with zero attached hydrogens (tertiary/aromatic N) is 1. The van der Waals surface area contributed by atoms with Crippen LogP contribution in [0, 0.1) is 6.92 Å². The number of benzene rings is 1. The van der Waals surface area contributed by atoms with Crippen LogP contribution < -0.4 is 11.3 Å². The second-order valence-electron chi connectivity index (χ2n) is 5.41. The summed E-state index contributed by atoms with van der Waals surface area (Å²) in [5, 5.41) is 0.656. The lowest BCUT2D eigenvalue weighted by Gasteiger charge is -2.21. The third kappa shape index (κ3) is 2.23. The van der Waals surface area contributed by atoms with Gasteiger partial charge in [0.05, 0.1) is 11.2 Å². The second-order valence-corrected chi connectivity index (χ2v) is 5.41. The van der Waals surface area contributed by atoms with Crippen LogP contribution in [0.4, 0.5) is 18.9 Å². The summed E-state index contributed by atoms with van der Waals surface area (Å²) in [5.74, 6) is 5.46. The fourth-order valence-corrected chi connectivity index (χ4v) is 3.12. The van der Waals surface area contributed by atoms with Crippen molar-refractivity contribution in [1.82, 2.24) is 4.98 Å². The Bertz CT molecular complexity index is 708. The third-order valence-corrected chi connectivity index (χ3v) is 4.14. The van der Waals surface area contributed by atoms with Crippen molar-refractivity contribution >= 4 is 16.6 Å². The smallest absolute Gasteiger partial charge is 0.323 e. The minimum Gasteiger partial charge on any atom is -0.323 e. The summed E-state index contributed by atoms with van der Waals surface area (Å²) in [6.45, 7) is 1.39. The molecule has 3 nitrogen and oxygen atoms in total. The van der Waals surface area contributed by atoms with Crippen molar-refractivity contribution in [3.8, 4) is 0 Å². The molecule has 3 rings (SSSR count). The Morgan fingerprint density at radius 1 is 1.19 bits per heavy atom. The fourth-order valence-electron chi connectivity index (χ4n) is 3.12. The summed E-state index contributed by atoms with van der Waals surface area (Å²) in [7, 11) is 0. The number of rotatable bonds is 1. The number of halogens is 3. The molecule has 0 saturated heterocycles. The summed E-state index contributed by atoms with van der Waals surface area (Å²) >= 11 is 0. The van der Waals surface area contributed by atoms with Gasteiger partial charge in [-0.15, -0.1) is 0 Å². The highest BCUT2D eigenvalue weighted by atomic mass is 19.4. The molecule has 21 heavy (non-hydrogen) atoms. The van der Waals surface area contributed by atoms with E-state index in [4.69, 9.17) is 5.84 Å². The van der Waals surface area contributed by atoms with Crippen molar-refractivity contribution in [2.24, 2.45) is 5.84 Å². The van der Waals surface area contributed by atoms with Crippen molar-refractivity contribution in [2.75, 3.05) is 5.43 Å². The van der Waals surface area contributed by atoms with Crippen LogP contribution in [0.25, 0.3) is 10.9 Å². The molecule has 0 radical (unpaired) electrons. The Morgan fingerprint density at radius 2 is 1.90 bits per heavy atom. The van der Waals surface area contributed by atoms with Gasteiger partial charge >= 0.3 is 6.18 Å². The zero-order chi connectivity index (χ0) is 15.2. The van der Waals surface area contributed by atoms with Gasteiger partial charge < -0.3 is 5.43 Å². The third-order valence-electron chi connectivity index (χ3n) is 4.14. The largest absolute Gasteiger partial charge is 0.433 e. The molecular formula is C15H16F3N3. The molecule has 0 atom stereocenters. The number of nitrogens with one attached hydrogen (secondary N) is 1. The molecule has 1 aliphatic carbocycles. The maximum Gasteiger partial charge on any atom is 0.433 e. The van der Waals surface area contributed by atoms with E-state index in [0.717, 1.165) is 36.8 Å². The van der Waals surface area contributed by atoms with Crippen LogP contribution in [-0.2, 0) is 19.0 Å². The summed E-state index contributed by atoms with van der Waals surface area (Å²) in [5.41, 5.74) is 4.36. The number of hydrazine groups is 1. The minimum absolute atomic E-state index is 0.0354. The predicted molar refractivity (Wildman–Crippen MR) is 75.9 cm³/mol. The van der Waals surface area contributed by atoms with Gasteiger partial charge in [-0.05, 0) is 43.7 Å². The number of hydrogen-bond acceptors (Lipinski definition) is 3. The number of alkyl halides is 3. The van der Waals surface area contributed by atoms with Crippen molar-refractivity contribution in [3.63, 3.8) is 0 Å². The number of fused-ring (bicyclic) bond motifs is 3. The lowest BCUT2D eigenvalue weighted by Crippen LogP contribution is -2.17. The number of nitrogen functional groups attached to an aromatic ring is 1. The van der Waals surface area contributed by atoms with Crippen LogP contribution in [0.15, 0.2) is 12.1 Å². The van der Waals surface area contributed by atoms with Crippen LogP contribution in [0.3, 0.4) is 0 Å². The zero-order valence-corrected chi connectivity index (χ0v) is 11.6. The summed E-state index contributed by atoms with van der Waals surface area (Å²) < 4.78 is 39.6. The first-order valence-corrected chi connectivity index (χ1v) is 6.92. The second kappa shape index (κ2) is 4.87. The maximum atomic E-state index is 13.2. The molecule has 0 bridgehead atoms. The molecular weight excluding hydrogens is 279 g/mol. The van der Waals surface area contributed by atoms with Gasteiger partial charge in [-0.2, -0.15) is 13.2 Å². The van der Waals surface area contributed by atoms with Crippen LogP contribution >= 0.6 is 0 Å². The van der Waals surface area contributed by atoms with E-state index in [-0.39, 0.29) is 5.56 Å². The lowest BCUT2D eigenvalue weighted by atomic mass is 9.89. The molecule has 1 aliphatic rings. The maximum absolute atomic E-state index is 13.2. The average Bonchev–Trinajstić information content (AvgIpc) is 2.45. The van der Waals surface area contributed by atoms with Gasteiger partial charge in [-0.25, -0.2) is 4.98 Å². The monoisotopic (exact) mass is 295 g/mol. The number of hydrogen-bond donors (Lipinski definition) is 2. The minimum atomic E-state index is -4.48. The number of anilines is 1. The molecule has 1 aromatic carbocycles. The number of aryl methyl sites for hydroxylation is 2. The Balaban J connectivity index is 2.39. The van der Waals surface area contributed by atoms with E-state index in [1.165, 1.54) is 6.92 Å². The molecule has 0 unspecified atom stereocenters. The SMILES string of the molecule is Cc1c(C(F)(F)F)nc2c3c(ccc2c1NN)CCCC3. The normalized spacial score (nSPS) is 15.1. The van der Waals surface area contributed by atoms with Gasteiger partial charge in [0.25, 0.3) is 0 Å². The molecule has 3 N–H and O–H groups in total. The van der Waals surface area contributed by atoms with Gasteiger partial charge in [0.15, 0.2) is 0 Å². The molecule has 0 saturated carbocycles. The molecule has 0 amide bonds. The summed E-state index contributed by atoms with van der Waals surface area (Å²) in [6, 6.07) is 3.79.